The zero-order chi connectivity index (χ0) is 14.4. The molecule has 3 nitrogen and oxygen atoms in total. The summed E-state index contributed by atoms with van der Waals surface area (Å²) in [4.78, 5) is 0. The van der Waals surface area contributed by atoms with Gasteiger partial charge in [0.1, 0.15) is 17.2 Å². The summed E-state index contributed by atoms with van der Waals surface area (Å²) < 4.78 is 12.4. The summed E-state index contributed by atoms with van der Waals surface area (Å²) in [5.41, 5.74) is 6.73. The molecule has 2 rings (SSSR count). The fourth-order valence-corrected chi connectivity index (χ4v) is 2.33. The molecule has 0 radical (unpaired) electrons. The highest BCUT2D eigenvalue weighted by atomic mass is 79.9. The first kappa shape index (κ1) is 14.9. The van der Waals surface area contributed by atoms with E-state index in [-0.39, 0.29) is 0 Å². The van der Waals surface area contributed by atoms with Crippen LogP contribution in [0, 0.1) is 0 Å². The van der Waals surface area contributed by atoms with E-state index in [4.69, 9.17) is 15.2 Å². The lowest BCUT2D eigenvalue weighted by atomic mass is 10.1. The largest absolute Gasteiger partial charge is 0.494 e. The van der Waals surface area contributed by atoms with E-state index >= 15 is 0 Å². The molecule has 0 amide bonds. The van der Waals surface area contributed by atoms with E-state index < -0.39 is 0 Å². The molecule has 4 heteroatoms. The normalized spacial score (nSPS) is 10.3. The Morgan fingerprint density at radius 2 is 1.90 bits per heavy atom. The minimum Gasteiger partial charge on any atom is -0.494 e. The van der Waals surface area contributed by atoms with Crippen molar-refractivity contribution < 1.29 is 9.47 Å². The van der Waals surface area contributed by atoms with Crippen LogP contribution in [-0.2, 0) is 6.42 Å². The Bertz CT molecular complexity index is 572. The van der Waals surface area contributed by atoms with Gasteiger partial charge >= 0.3 is 0 Å². The minimum atomic E-state index is 0.589. The fraction of sp³-hybridized carbons (Fsp3) is 0.250. The molecule has 2 aromatic carbocycles. The zero-order valence-corrected chi connectivity index (χ0v) is 13.0. The Hall–Kier alpha value is -1.52. The highest BCUT2D eigenvalue weighted by Crippen LogP contribution is 2.30. The van der Waals surface area contributed by atoms with Gasteiger partial charge in [0.2, 0.25) is 0 Å². The van der Waals surface area contributed by atoms with Crippen LogP contribution in [0.15, 0.2) is 46.9 Å². The lowest BCUT2D eigenvalue weighted by Gasteiger charge is -2.12. The quantitative estimate of drug-likeness (QED) is 0.862. The van der Waals surface area contributed by atoms with Crippen LogP contribution in [0.25, 0.3) is 0 Å². The summed E-state index contributed by atoms with van der Waals surface area (Å²) in [5, 5.41) is 0. The molecule has 0 aliphatic carbocycles. The Kier molecular flexibility index (Phi) is 5.44. The number of ether oxygens (including phenoxy) is 2. The van der Waals surface area contributed by atoms with E-state index in [1.54, 1.807) is 0 Å². The molecule has 20 heavy (non-hydrogen) atoms. The number of benzene rings is 2. The topological polar surface area (TPSA) is 44.5 Å². The standard InChI is InChI=1S/C16H18BrNO2/c1-2-19-14-4-3-5-15(11-14)20-16-7-6-13(17)10-12(16)8-9-18/h3-7,10-11H,2,8-9,18H2,1H3. The highest BCUT2D eigenvalue weighted by Gasteiger charge is 2.06. The SMILES string of the molecule is CCOc1cccc(Oc2ccc(Br)cc2CCN)c1. The van der Waals surface area contributed by atoms with Crippen LogP contribution in [0.4, 0.5) is 0 Å². The van der Waals surface area contributed by atoms with Crippen molar-refractivity contribution >= 4 is 15.9 Å². The van der Waals surface area contributed by atoms with Crippen molar-refractivity contribution in [3.8, 4) is 17.2 Å². The molecule has 0 fully saturated rings. The van der Waals surface area contributed by atoms with Crippen molar-refractivity contribution in [1.82, 2.24) is 0 Å². The first-order valence-corrected chi connectivity index (χ1v) is 7.41. The summed E-state index contributed by atoms with van der Waals surface area (Å²) >= 11 is 3.47. The Labute approximate surface area is 127 Å². The van der Waals surface area contributed by atoms with Crippen molar-refractivity contribution in [1.29, 1.82) is 0 Å². The van der Waals surface area contributed by atoms with Crippen molar-refractivity contribution in [2.45, 2.75) is 13.3 Å². The molecule has 0 spiro atoms. The maximum atomic E-state index is 5.95. The molecule has 0 saturated carbocycles. The van der Waals surface area contributed by atoms with Crippen LogP contribution in [0.5, 0.6) is 17.2 Å². The van der Waals surface area contributed by atoms with Gasteiger partial charge in [0, 0.05) is 10.5 Å². The van der Waals surface area contributed by atoms with Crippen molar-refractivity contribution in [3.63, 3.8) is 0 Å². The van der Waals surface area contributed by atoms with Gasteiger partial charge in [-0.3, -0.25) is 0 Å². The van der Waals surface area contributed by atoms with Gasteiger partial charge < -0.3 is 15.2 Å². The second kappa shape index (κ2) is 7.31. The van der Waals surface area contributed by atoms with Crippen molar-refractivity contribution in [2.24, 2.45) is 5.73 Å². The van der Waals surface area contributed by atoms with Gasteiger partial charge in [-0.15, -0.1) is 0 Å². The molecule has 0 saturated heterocycles. The van der Waals surface area contributed by atoms with Crippen LogP contribution in [0.3, 0.4) is 0 Å². The molecular weight excluding hydrogens is 318 g/mol. The van der Waals surface area contributed by atoms with Crippen LogP contribution < -0.4 is 15.2 Å². The molecule has 0 atom stereocenters. The first-order chi connectivity index (χ1) is 9.72. The molecule has 0 unspecified atom stereocenters. The van der Waals surface area contributed by atoms with E-state index in [9.17, 15) is 0 Å². The van der Waals surface area contributed by atoms with Gasteiger partial charge in [-0.25, -0.2) is 0 Å². The van der Waals surface area contributed by atoms with E-state index in [1.807, 2.05) is 49.4 Å². The summed E-state index contributed by atoms with van der Waals surface area (Å²) in [6.45, 7) is 3.19. The van der Waals surface area contributed by atoms with Gasteiger partial charge in [-0.1, -0.05) is 22.0 Å². The third-order valence-corrected chi connectivity index (χ3v) is 3.27. The molecule has 0 bridgehead atoms. The average molecular weight is 336 g/mol. The van der Waals surface area contributed by atoms with Gasteiger partial charge in [-0.05, 0) is 55.8 Å². The monoisotopic (exact) mass is 335 g/mol. The third-order valence-electron chi connectivity index (χ3n) is 2.78. The molecule has 0 aromatic heterocycles. The van der Waals surface area contributed by atoms with E-state index in [0.29, 0.717) is 13.2 Å². The van der Waals surface area contributed by atoms with Crippen LogP contribution >= 0.6 is 15.9 Å². The zero-order valence-electron chi connectivity index (χ0n) is 11.4. The van der Waals surface area contributed by atoms with Gasteiger partial charge in [0.05, 0.1) is 6.61 Å². The number of hydrogen-bond acceptors (Lipinski definition) is 3. The molecule has 0 aliphatic rings. The molecule has 2 N–H and O–H groups in total. The summed E-state index contributed by atoms with van der Waals surface area (Å²) in [5.74, 6) is 2.39. The minimum absolute atomic E-state index is 0.589. The number of nitrogens with two attached hydrogens (primary N) is 1. The van der Waals surface area contributed by atoms with E-state index in [0.717, 1.165) is 33.7 Å². The van der Waals surface area contributed by atoms with Gasteiger partial charge in [0.25, 0.3) is 0 Å². The Morgan fingerprint density at radius 3 is 2.65 bits per heavy atom. The van der Waals surface area contributed by atoms with Crippen LogP contribution in [0.2, 0.25) is 0 Å². The van der Waals surface area contributed by atoms with E-state index in [1.165, 1.54) is 0 Å². The predicted octanol–water partition coefficient (Wildman–Crippen LogP) is 4.14. The molecular formula is C16H18BrNO2. The number of halogens is 1. The maximum Gasteiger partial charge on any atom is 0.131 e. The van der Waals surface area contributed by atoms with Crippen molar-refractivity contribution in [2.75, 3.05) is 13.2 Å². The lowest BCUT2D eigenvalue weighted by molar-refractivity contribution is 0.338. The fourth-order valence-electron chi connectivity index (χ4n) is 1.92. The Balaban J connectivity index is 2.22. The molecule has 2 aromatic rings. The number of hydrogen-bond donors (Lipinski definition) is 1. The summed E-state index contributed by atoms with van der Waals surface area (Å²) in [6, 6.07) is 13.6. The first-order valence-electron chi connectivity index (χ1n) is 6.62. The average Bonchev–Trinajstić information content (AvgIpc) is 2.43. The second-order valence-electron chi connectivity index (χ2n) is 4.30. The van der Waals surface area contributed by atoms with Crippen LogP contribution in [-0.4, -0.2) is 13.2 Å². The summed E-state index contributed by atoms with van der Waals surface area (Å²) in [7, 11) is 0. The maximum absolute atomic E-state index is 5.95. The molecule has 0 aliphatic heterocycles. The smallest absolute Gasteiger partial charge is 0.131 e. The Morgan fingerprint density at radius 1 is 1.10 bits per heavy atom. The second-order valence-corrected chi connectivity index (χ2v) is 5.22. The summed E-state index contributed by atoms with van der Waals surface area (Å²) in [6.07, 6.45) is 0.778. The van der Waals surface area contributed by atoms with Gasteiger partial charge in [0.15, 0.2) is 0 Å². The van der Waals surface area contributed by atoms with Gasteiger partial charge in [-0.2, -0.15) is 0 Å². The number of rotatable bonds is 6. The van der Waals surface area contributed by atoms with Crippen molar-refractivity contribution in [3.05, 3.63) is 52.5 Å². The highest BCUT2D eigenvalue weighted by molar-refractivity contribution is 9.10. The predicted molar refractivity (Wildman–Crippen MR) is 84.6 cm³/mol. The van der Waals surface area contributed by atoms with E-state index in [2.05, 4.69) is 15.9 Å². The molecule has 0 heterocycles. The third kappa shape index (κ3) is 3.99. The lowest BCUT2D eigenvalue weighted by Crippen LogP contribution is -2.04. The van der Waals surface area contributed by atoms with Crippen LogP contribution in [0.1, 0.15) is 12.5 Å². The molecule has 106 valence electrons.